The first kappa shape index (κ1) is 21.3. The first-order chi connectivity index (χ1) is 8.11. The van der Waals surface area contributed by atoms with Crippen molar-refractivity contribution in [3.63, 3.8) is 0 Å². The van der Waals surface area contributed by atoms with E-state index in [-0.39, 0.29) is 30.7 Å². The Balaban J connectivity index is 0. The van der Waals surface area contributed by atoms with Crippen LogP contribution >= 0.6 is 24.8 Å². The Hall–Kier alpha value is -0.0300. The van der Waals surface area contributed by atoms with E-state index in [1.54, 1.807) is 0 Å². The van der Waals surface area contributed by atoms with Crippen LogP contribution in [0.1, 0.15) is 33.1 Å². The summed E-state index contributed by atoms with van der Waals surface area (Å²) in [6.45, 7) is 9.43. The molecule has 1 atom stereocenters. The molecule has 4 nitrogen and oxygen atoms in total. The second-order valence-corrected chi connectivity index (χ2v) is 5.50. The summed E-state index contributed by atoms with van der Waals surface area (Å²) >= 11 is 0. The van der Waals surface area contributed by atoms with E-state index in [2.05, 4.69) is 24.1 Å². The Labute approximate surface area is 129 Å². The van der Waals surface area contributed by atoms with Crippen molar-refractivity contribution in [1.82, 2.24) is 10.2 Å². The molecule has 1 unspecified atom stereocenters. The standard InChI is InChI=1S/C13H27N3O.2ClH/c1-11(2)9-16-7-5-12(10-16)8-15-13(17)4-3-6-14;;/h11-12H,3-10,14H2,1-2H3,(H,15,17);2*1H. The predicted molar refractivity (Wildman–Crippen MR) is 85.2 cm³/mol. The van der Waals surface area contributed by atoms with Crippen LogP contribution in [0.15, 0.2) is 0 Å². The molecule has 1 saturated heterocycles. The fourth-order valence-electron chi connectivity index (χ4n) is 2.37. The Morgan fingerprint density at radius 3 is 2.68 bits per heavy atom. The van der Waals surface area contributed by atoms with Crippen molar-refractivity contribution in [2.24, 2.45) is 17.6 Å². The molecular formula is C13H29Cl2N3O. The summed E-state index contributed by atoms with van der Waals surface area (Å²) in [5.41, 5.74) is 5.37. The smallest absolute Gasteiger partial charge is 0.220 e. The van der Waals surface area contributed by atoms with Crippen LogP contribution in [0.3, 0.4) is 0 Å². The zero-order valence-corrected chi connectivity index (χ0v) is 13.7. The van der Waals surface area contributed by atoms with Crippen molar-refractivity contribution in [3.05, 3.63) is 0 Å². The van der Waals surface area contributed by atoms with Crippen molar-refractivity contribution in [1.29, 1.82) is 0 Å². The van der Waals surface area contributed by atoms with Gasteiger partial charge in [0.1, 0.15) is 0 Å². The van der Waals surface area contributed by atoms with Crippen LogP contribution in [0.5, 0.6) is 0 Å². The van der Waals surface area contributed by atoms with E-state index in [0.717, 1.165) is 25.4 Å². The molecular weight excluding hydrogens is 285 g/mol. The third-order valence-electron chi connectivity index (χ3n) is 3.19. The van der Waals surface area contributed by atoms with Gasteiger partial charge in [-0.05, 0) is 37.8 Å². The topological polar surface area (TPSA) is 58.4 Å². The summed E-state index contributed by atoms with van der Waals surface area (Å²) in [6.07, 6.45) is 2.57. The molecule has 116 valence electrons. The van der Waals surface area contributed by atoms with Crippen LogP contribution in [0.2, 0.25) is 0 Å². The lowest BCUT2D eigenvalue weighted by Gasteiger charge is -2.18. The van der Waals surface area contributed by atoms with Gasteiger partial charge in [-0.15, -0.1) is 24.8 Å². The molecule has 0 aromatic heterocycles. The van der Waals surface area contributed by atoms with Gasteiger partial charge in [0.15, 0.2) is 0 Å². The Kier molecular flexibility index (Phi) is 13.2. The highest BCUT2D eigenvalue weighted by Crippen LogP contribution is 2.16. The molecule has 1 fully saturated rings. The van der Waals surface area contributed by atoms with Crippen molar-refractivity contribution in [3.8, 4) is 0 Å². The van der Waals surface area contributed by atoms with Crippen LogP contribution in [-0.2, 0) is 4.79 Å². The highest BCUT2D eigenvalue weighted by Gasteiger charge is 2.22. The number of amides is 1. The average molecular weight is 314 g/mol. The minimum Gasteiger partial charge on any atom is -0.356 e. The maximum Gasteiger partial charge on any atom is 0.220 e. The van der Waals surface area contributed by atoms with Crippen LogP contribution in [0, 0.1) is 11.8 Å². The average Bonchev–Trinajstić information content (AvgIpc) is 2.70. The molecule has 0 saturated carbocycles. The van der Waals surface area contributed by atoms with Gasteiger partial charge in [0.05, 0.1) is 0 Å². The van der Waals surface area contributed by atoms with Gasteiger partial charge in [-0.2, -0.15) is 0 Å². The monoisotopic (exact) mass is 313 g/mol. The highest BCUT2D eigenvalue weighted by molar-refractivity contribution is 5.85. The third-order valence-corrected chi connectivity index (χ3v) is 3.19. The van der Waals surface area contributed by atoms with Gasteiger partial charge in [0, 0.05) is 26.1 Å². The second-order valence-electron chi connectivity index (χ2n) is 5.50. The predicted octanol–water partition coefficient (Wildman–Crippen LogP) is 1.66. The minimum atomic E-state index is 0. The maximum absolute atomic E-state index is 11.4. The van der Waals surface area contributed by atoms with Crippen LogP contribution in [0.25, 0.3) is 0 Å². The van der Waals surface area contributed by atoms with E-state index in [1.165, 1.54) is 19.5 Å². The number of halogens is 2. The molecule has 0 spiro atoms. The summed E-state index contributed by atoms with van der Waals surface area (Å²) in [6, 6.07) is 0. The fraction of sp³-hybridized carbons (Fsp3) is 0.923. The molecule has 1 aliphatic heterocycles. The molecule has 19 heavy (non-hydrogen) atoms. The molecule has 0 aromatic rings. The first-order valence-corrected chi connectivity index (χ1v) is 6.81. The van der Waals surface area contributed by atoms with Gasteiger partial charge >= 0.3 is 0 Å². The summed E-state index contributed by atoms with van der Waals surface area (Å²) in [7, 11) is 0. The molecule has 3 N–H and O–H groups in total. The molecule has 1 amide bonds. The number of carbonyl (C=O) groups excluding carboxylic acids is 1. The molecule has 6 heteroatoms. The number of carbonyl (C=O) groups is 1. The van der Waals surface area contributed by atoms with Gasteiger partial charge in [0.2, 0.25) is 5.91 Å². The summed E-state index contributed by atoms with van der Waals surface area (Å²) < 4.78 is 0. The van der Waals surface area contributed by atoms with Crippen LogP contribution < -0.4 is 11.1 Å². The van der Waals surface area contributed by atoms with E-state index >= 15 is 0 Å². The number of nitrogens with one attached hydrogen (secondary N) is 1. The largest absolute Gasteiger partial charge is 0.356 e. The molecule has 1 aliphatic rings. The van der Waals surface area contributed by atoms with Gasteiger partial charge in [-0.3, -0.25) is 4.79 Å². The summed E-state index contributed by atoms with van der Waals surface area (Å²) in [4.78, 5) is 13.9. The second kappa shape index (κ2) is 11.8. The fourth-order valence-corrected chi connectivity index (χ4v) is 2.37. The minimum absolute atomic E-state index is 0. The summed E-state index contributed by atoms with van der Waals surface area (Å²) in [5, 5.41) is 3.01. The lowest BCUT2D eigenvalue weighted by molar-refractivity contribution is -0.121. The lowest BCUT2D eigenvalue weighted by atomic mass is 10.1. The van der Waals surface area contributed by atoms with Gasteiger partial charge in [-0.25, -0.2) is 0 Å². The van der Waals surface area contributed by atoms with E-state index in [4.69, 9.17) is 5.73 Å². The molecule has 1 heterocycles. The van der Waals surface area contributed by atoms with Crippen LogP contribution in [0.4, 0.5) is 0 Å². The van der Waals surface area contributed by atoms with Crippen molar-refractivity contribution >= 4 is 30.7 Å². The highest BCUT2D eigenvalue weighted by atomic mass is 35.5. The van der Waals surface area contributed by atoms with E-state index in [0.29, 0.717) is 18.9 Å². The molecule has 0 aromatic carbocycles. The molecule has 0 bridgehead atoms. The van der Waals surface area contributed by atoms with Crippen molar-refractivity contribution < 1.29 is 4.79 Å². The molecule has 0 radical (unpaired) electrons. The van der Waals surface area contributed by atoms with Gasteiger partial charge < -0.3 is 16.0 Å². The van der Waals surface area contributed by atoms with E-state index in [1.807, 2.05) is 0 Å². The van der Waals surface area contributed by atoms with Crippen LogP contribution in [-0.4, -0.2) is 43.5 Å². The Morgan fingerprint density at radius 2 is 2.11 bits per heavy atom. The number of hydrogen-bond donors (Lipinski definition) is 2. The number of rotatable bonds is 7. The SMILES string of the molecule is CC(C)CN1CCC(CNC(=O)CCCN)C1.Cl.Cl. The van der Waals surface area contributed by atoms with Crippen molar-refractivity contribution in [2.75, 3.05) is 32.7 Å². The number of nitrogens with zero attached hydrogens (tertiary/aromatic N) is 1. The Morgan fingerprint density at radius 1 is 1.42 bits per heavy atom. The first-order valence-electron chi connectivity index (χ1n) is 6.81. The molecule has 1 rings (SSSR count). The zero-order valence-electron chi connectivity index (χ0n) is 12.1. The third kappa shape index (κ3) is 9.50. The normalized spacial score (nSPS) is 18.8. The van der Waals surface area contributed by atoms with Gasteiger partial charge in [0.25, 0.3) is 0 Å². The number of hydrogen-bond acceptors (Lipinski definition) is 3. The summed E-state index contributed by atoms with van der Waals surface area (Å²) in [5.74, 6) is 1.52. The van der Waals surface area contributed by atoms with E-state index < -0.39 is 0 Å². The Bertz CT molecular complexity index is 240. The molecule has 0 aliphatic carbocycles. The maximum atomic E-state index is 11.4. The lowest BCUT2D eigenvalue weighted by Crippen LogP contribution is -2.32. The van der Waals surface area contributed by atoms with E-state index in [9.17, 15) is 4.79 Å². The zero-order chi connectivity index (χ0) is 12.7. The van der Waals surface area contributed by atoms with Gasteiger partial charge in [-0.1, -0.05) is 13.8 Å². The number of likely N-dealkylation sites (tertiary alicyclic amines) is 1. The number of nitrogens with two attached hydrogens (primary N) is 1. The van der Waals surface area contributed by atoms with Crippen molar-refractivity contribution in [2.45, 2.75) is 33.1 Å². The quantitative estimate of drug-likeness (QED) is 0.751.